The third-order valence-corrected chi connectivity index (χ3v) is 5.33. The Morgan fingerprint density at radius 3 is 2.90 bits per heavy atom. The lowest BCUT2D eigenvalue weighted by Crippen LogP contribution is -2.04. The highest BCUT2D eigenvalue weighted by Gasteiger charge is 2.11. The van der Waals surface area contributed by atoms with Crippen molar-refractivity contribution in [2.75, 3.05) is 5.32 Å². The predicted octanol–water partition coefficient (Wildman–Crippen LogP) is 4.70. The summed E-state index contributed by atoms with van der Waals surface area (Å²) >= 11 is 5.36. The third-order valence-electron chi connectivity index (χ3n) is 3.38. The number of rotatable bonds is 3. The number of fused-ring (bicyclic) bond motifs is 1. The average molecular weight is 350 g/mol. The molecule has 1 N–H and O–H groups in total. The van der Waals surface area contributed by atoms with Gasteiger partial charge in [0.2, 0.25) is 0 Å². The van der Waals surface area contributed by atoms with E-state index in [2.05, 4.69) is 75.8 Å². The molecular formula is C15H16BrN3S. The van der Waals surface area contributed by atoms with E-state index in [0.29, 0.717) is 0 Å². The molecular weight excluding hydrogens is 334 g/mol. The summed E-state index contributed by atoms with van der Waals surface area (Å²) in [4.78, 5) is 6.97. The largest absolute Gasteiger partial charge is 0.378 e. The van der Waals surface area contributed by atoms with Crippen molar-refractivity contribution in [1.82, 2.24) is 9.38 Å². The molecule has 3 rings (SSSR count). The standard InChI is InChI=1S/C15H16BrN3S/c1-9-5-4-6-12(14(9)16)17-7-13-11(3)18-15-19(13)8-10(2)20-15/h4-6,8,17H,7H2,1-3H3. The van der Waals surface area contributed by atoms with Crippen LogP contribution in [0.4, 0.5) is 5.69 Å². The smallest absolute Gasteiger partial charge is 0.194 e. The van der Waals surface area contributed by atoms with Crippen LogP contribution in [0.2, 0.25) is 0 Å². The maximum absolute atomic E-state index is 4.62. The van der Waals surface area contributed by atoms with E-state index in [9.17, 15) is 0 Å². The molecule has 0 saturated carbocycles. The molecule has 0 aliphatic carbocycles. The van der Waals surface area contributed by atoms with Crippen molar-refractivity contribution in [2.45, 2.75) is 27.3 Å². The van der Waals surface area contributed by atoms with E-state index in [0.717, 1.165) is 27.4 Å². The van der Waals surface area contributed by atoms with Crippen LogP contribution in [0.25, 0.3) is 4.96 Å². The van der Waals surface area contributed by atoms with Gasteiger partial charge in [0.15, 0.2) is 4.96 Å². The van der Waals surface area contributed by atoms with Gasteiger partial charge < -0.3 is 5.32 Å². The van der Waals surface area contributed by atoms with Gasteiger partial charge in [-0.2, -0.15) is 0 Å². The summed E-state index contributed by atoms with van der Waals surface area (Å²) in [6.45, 7) is 7.05. The number of aryl methyl sites for hydroxylation is 3. The van der Waals surface area contributed by atoms with Gasteiger partial charge in [-0.25, -0.2) is 4.98 Å². The number of anilines is 1. The number of nitrogens with one attached hydrogen (secondary N) is 1. The maximum atomic E-state index is 4.62. The molecule has 0 aliphatic heterocycles. The van der Waals surface area contributed by atoms with Gasteiger partial charge in [-0.1, -0.05) is 12.1 Å². The molecule has 20 heavy (non-hydrogen) atoms. The van der Waals surface area contributed by atoms with E-state index < -0.39 is 0 Å². The van der Waals surface area contributed by atoms with E-state index in [1.54, 1.807) is 11.3 Å². The highest BCUT2D eigenvalue weighted by atomic mass is 79.9. The molecule has 3 aromatic rings. The number of benzene rings is 1. The Kier molecular flexibility index (Phi) is 3.56. The normalized spacial score (nSPS) is 11.2. The molecule has 0 spiro atoms. The van der Waals surface area contributed by atoms with Crippen molar-refractivity contribution in [3.05, 3.63) is 50.7 Å². The topological polar surface area (TPSA) is 29.3 Å². The molecule has 0 aliphatic rings. The molecule has 0 saturated heterocycles. The van der Waals surface area contributed by atoms with Crippen LogP contribution in [-0.4, -0.2) is 9.38 Å². The summed E-state index contributed by atoms with van der Waals surface area (Å²) in [5, 5.41) is 3.50. The zero-order chi connectivity index (χ0) is 14.3. The van der Waals surface area contributed by atoms with Gasteiger partial charge in [0, 0.05) is 21.2 Å². The second-order valence-corrected chi connectivity index (χ2v) is 6.93. The summed E-state index contributed by atoms with van der Waals surface area (Å²) in [5.74, 6) is 0. The predicted molar refractivity (Wildman–Crippen MR) is 88.7 cm³/mol. The molecule has 5 heteroatoms. The van der Waals surface area contributed by atoms with Crippen LogP contribution in [-0.2, 0) is 6.54 Å². The lowest BCUT2D eigenvalue weighted by Gasteiger charge is -2.10. The second-order valence-electron chi connectivity index (χ2n) is 4.93. The van der Waals surface area contributed by atoms with E-state index in [4.69, 9.17) is 0 Å². The number of hydrogen-bond donors (Lipinski definition) is 1. The Morgan fingerprint density at radius 2 is 2.10 bits per heavy atom. The summed E-state index contributed by atoms with van der Waals surface area (Å²) in [5.41, 5.74) is 4.66. The lowest BCUT2D eigenvalue weighted by atomic mass is 10.2. The quantitative estimate of drug-likeness (QED) is 0.742. The monoisotopic (exact) mass is 349 g/mol. The van der Waals surface area contributed by atoms with Crippen molar-refractivity contribution in [2.24, 2.45) is 0 Å². The molecule has 1 aromatic carbocycles. The zero-order valence-electron chi connectivity index (χ0n) is 11.7. The van der Waals surface area contributed by atoms with Crippen LogP contribution in [0.15, 0.2) is 28.9 Å². The number of nitrogens with zero attached hydrogens (tertiary/aromatic N) is 2. The second kappa shape index (κ2) is 5.22. The van der Waals surface area contributed by atoms with E-state index in [-0.39, 0.29) is 0 Å². The van der Waals surface area contributed by atoms with Crippen molar-refractivity contribution in [3.8, 4) is 0 Å². The van der Waals surface area contributed by atoms with Crippen molar-refractivity contribution >= 4 is 37.9 Å². The molecule has 0 radical (unpaired) electrons. The van der Waals surface area contributed by atoms with Crippen LogP contribution in [0.3, 0.4) is 0 Å². The summed E-state index contributed by atoms with van der Waals surface area (Å²) in [6, 6.07) is 6.25. The van der Waals surface area contributed by atoms with Crippen LogP contribution in [0.1, 0.15) is 21.8 Å². The van der Waals surface area contributed by atoms with Gasteiger partial charge in [0.05, 0.1) is 17.9 Å². The Balaban J connectivity index is 1.90. The lowest BCUT2D eigenvalue weighted by molar-refractivity contribution is 0.990. The molecule has 0 atom stereocenters. The Labute approximate surface area is 130 Å². The number of hydrogen-bond acceptors (Lipinski definition) is 3. The van der Waals surface area contributed by atoms with E-state index >= 15 is 0 Å². The fourth-order valence-electron chi connectivity index (χ4n) is 2.28. The van der Waals surface area contributed by atoms with Gasteiger partial charge in [0.25, 0.3) is 0 Å². The van der Waals surface area contributed by atoms with Gasteiger partial charge in [-0.3, -0.25) is 4.40 Å². The third kappa shape index (κ3) is 2.36. The summed E-state index contributed by atoms with van der Waals surface area (Å²) < 4.78 is 3.31. The molecule has 0 amide bonds. The number of imidazole rings is 1. The number of aromatic nitrogens is 2. The van der Waals surface area contributed by atoms with Gasteiger partial charge in [-0.05, 0) is 48.3 Å². The Hall–Kier alpha value is -1.33. The van der Waals surface area contributed by atoms with Crippen LogP contribution < -0.4 is 5.32 Å². The highest BCUT2D eigenvalue weighted by molar-refractivity contribution is 9.10. The van der Waals surface area contributed by atoms with Crippen molar-refractivity contribution in [1.29, 1.82) is 0 Å². The summed E-state index contributed by atoms with van der Waals surface area (Å²) in [7, 11) is 0. The zero-order valence-corrected chi connectivity index (χ0v) is 14.1. The number of halogens is 1. The SMILES string of the molecule is Cc1cn2c(CNc3cccc(C)c3Br)c(C)nc2s1. The van der Waals surface area contributed by atoms with E-state index in [1.165, 1.54) is 16.1 Å². The molecule has 0 fully saturated rings. The minimum absolute atomic E-state index is 0.769. The minimum atomic E-state index is 0.769. The first-order chi connectivity index (χ1) is 9.56. The van der Waals surface area contributed by atoms with Crippen LogP contribution in [0.5, 0.6) is 0 Å². The Morgan fingerprint density at radius 1 is 1.30 bits per heavy atom. The first kappa shape index (κ1) is 13.6. The summed E-state index contributed by atoms with van der Waals surface area (Å²) in [6.07, 6.45) is 2.16. The molecule has 2 aromatic heterocycles. The minimum Gasteiger partial charge on any atom is -0.378 e. The molecule has 0 bridgehead atoms. The van der Waals surface area contributed by atoms with Crippen molar-refractivity contribution < 1.29 is 0 Å². The van der Waals surface area contributed by atoms with Gasteiger partial charge in [-0.15, -0.1) is 11.3 Å². The van der Waals surface area contributed by atoms with Gasteiger partial charge >= 0.3 is 0 Å². The molecule has 104 valence electrons. The fourth-order valence-corrected chi connectivity index (χ4v) is 3.58. The highest BCUT2D eigenvalue weighted by Crippen LogP contribution is 2.27. The molecule has 3 nitrogen and oxygen atoms in total. The first-order valence-electron chi connectivity index (χ1n) is 6.49. The van der Waals surface area contributed by atoms with Gasteiger partial charge in [0.1, 0.15) is 0 Å². The van der Waals surface area contributed by atoms with Crippen molar-refractivity contribution in [3.63, 3.8) is 0 Å². The van der Waals surface area contributed by atoms with Crippen LogP contribution in [0, 0.1) is 20.8 Å². The Bertz CT molecular complexity index is 773. The number of thiazole rings is 1. The van der Waals surface area contributed by atoms with E-state index in [1.807, 2.05) is 0 Å². The fraction of sp³-hybridized carbons (Fsp3) is 0.267. The van der Waals surface area contributed by atoms with Crippen LogP contribution >= 0.6 is 27.3 Å². The average Bonchev–Trinajstić information content (AvgIpc) is 2.87. The first-order valence-corrected chi connectivity index (χ1v) is 8.10. The molecule has 2 heterocycles. The maximum Gasteiger partial charge on any atom is 0.194 e. The molecule has 0 unspecified atom stereocenters.